The fourth-order valence-corrected chi connectivity index (χ4v) is 5.65. The number of hydrogen-bond acceptors (Lipinski definition) is 6. The second-order valence-electron chi connectivity index (χ2n) is 5.51. The van der Waals surface area contributed by atoms with E-state index in [0.717, 1.165) is 17.7 Å². The van der Waals surface area contributed by atoms with Crippen molar-refractivity contribution in [3.8, 4) is 0 Å². The van der Waals surface area contributed by atoms with Crippen molar-refractivity contribution in [3.63, 3.8) is 0 Å². The van der Waals surface area contributed by atoms with E-state index in [9.17, 15) is 13.2 Å². The lowest BCUT2D eigenvalue weighted by Gasteiger charge is -2.31. The number of aromatic amines is 1. The van der Waals surface area contributed by atoms with Crippen LogP contribution in [0.5, 0.6) is 0 Å². The second kappa shape index (κ2) is 8.37. The molecule has 1 aliphatic heterocycles. The molecule has 1 fully saturated rings. The summed E-state index contributed by atoms with van der Waals surface area (Å²) in [4.78, 5) is 27.4. The molecule has 8 nitrogen and oxygen atoms in total. The number of aryl methyl sites for hydroxylation is 1. The zero-order valence-corrected chi connectivity index (χ0v) is 15.2. The molecule has 0 aromatic carbocycles. The molecule has 136 valence electrons. The van der Waals surface area contributed by atoms with Gasteiger partial charge in [-0.1, -0.05) is 0 Å². The van der Waals surface area contributed by atoms with E-state index >= 15 is 0 Å². The Balaban J connectivity index is 0.000000701. The minimum absolute atomic E-state index is 0.0353. The van der Waals surface area contributed by atoms with Crippen LogP contribution in [0, 0.1) is 6.92 Å². The van der Waals surface area contributed by atoms with Crippen LogP contribution in [-0.4, -0.2) is 47.4 Å². The molecule has 1 aliphatic rings. The number of H-pyrrole nitrogens is 1. The lowest BCUT2D eigenvalue weighted by molar-refractivity contribution is -0.122. The summed E-state index contributed by atoms with van der Waals surface area (Å²) >= 11 is 1.29. The van der Waals surface area contributed by atoms with E-state index in [1.807, 2.05) is 13.0 Å². The number of carbonyl (C=O) groups is 1. The minimum Gasteiger partial charge on any atom is -0.483 e. The summed E-state index contributed by atoms with van der Waals surface area (Å²) in [6.45, 7) is 2.53. The summed E-state index contributed by atoms with van der Waals surface area (Å²) in [6.07, 6.45) is 2.97. The quantitative estimate of drug-likeness (QED) is 0.771. The SMILES string of the molecule is Cc1ccc(S(=O)(=O)N2CCCC(c3cc(=O)[nH]cn3)C2)s1.O=CO. The molecule has 2 aromatic rings. The number of carboxylic acid groups (broad SMARTS) is 1. The highest BCUT2D eigenvalue weighted by Crippen LogP contribution is 2.31. The highest BCUT2D eigenvalue weighted by molar-refractivity contribution is 7.91. The molecule has 2 N–H and O–H groups in total. The lowest BCUT2D eigenvalue weighted by Crippen LogP contribution is -2.39. The first-order chi connectivity index (χ1) is 11.9. The summed E-state index contributed by atoms with van der Waals surface area (Å²) in [7, 11) is -3.45. The standard InChI is InChI=1S/C14H17N3O3S2.CH2O2/c1-10-4-5-14(21-10)22(19,20)17-6-2-3-11(8-17)12-7-13(18)16-9-15-12;2-1-3/h4-5,7,9,11H,2-3,6,8H2,1H3,(H,15,16,18);1H,(H,2,3). The van der Waals surface area contributed by atoms with Crippen LogP contribution in [0.15, 0.2) is 33.5 Å². The van der Waals surface area contributed by atoms with Gasteiger partial charge in [-0.05, 0) is 31.9 Å². The van der Waals surface area contributed by atoms with Crippen LogP contribution >= 0.6 is 11.3 Å². The number of hydrogen-bond donors (Lipinski definition) is 2. The molecule has 1 atom stereocenters. The predicted octanol–water partition coefficient (Wildman–Crippen LogP) is 1.41. The van der Waals surface area contributed by atoms with E-state index in [-0.39, 0.29) is 17.9 Å². The Hall–Kier alpha value is -2.04. The van der Waals surface area contributed by atoms with Crippen molar-refractivity contribution in [2.75, 3.05) is 13.1 Å². The van der Waals surface area contributed by atoms with Crippen molar-refractivity contribution in [1.29, 1.82) is 0 Å². The third kappa shape index (κ3) is 4.74. The van der Waals surface area contributed by atoms with Crippen molar-refractivity contribution in [1.82, 2.24) is 14.3 Å². The molecule has 0 saturated carbocycles. The normalized spacial score (nSPS) is 18.2. The van der Waals surface area contributed by atoms with Gasteiger partial charge in [0.15, 0.2) is 0 Å². The predicted molar refractivity (Wildman–Crippen MR) is 93.3 cm³/mol. The third-order valence-electron chi connectivity index (χ3n) is 3.81. The molecular weight excluding hydrogens is 366 g/mol. The monoisotopic (exact) mass is 385 g/mol. The van der Waals surface area contributed by atoms with E-state index < -0.39 is 10.0 Å². The Morgan fingerprint density at radius 2 is 2.16 bits per heavy atom. The summed E-state index contributed by atoms with van der Waals surface area (Å²) in [5, 5.41) is 6.89. The number of piperidine rings is 1. The van der Waals surface area contributed by atoms with Gasteiger partial charge in [-0.15, -0.1) is 11.3 Å². The van der Waals surface area contributed by atoms with Gasteiger partial charge < -0.3 is 10.1 Å². The number of thiophene rings is 1. The van der Waals surface area contributed by atoms with E-state index in [1.165, 1.54) is 28.0 Å². The molecule has 0 amide bonds. The van der Waals surface area contributed by atoms with Gasteiger partial charge in [-0.25, -0.2) is 13.4 Å². The van der Waals surface area contributed by atoms with Crippen LogP contribution in [0.2, 0.25) is 0 Å². The number of sulfonamides is 1. The van der Waals surface area contributed by atoms with Crippen molar-refractivity contribution in [2.24, 2.45) is 0 Å². The second-order valence-corrected chi connectivity index (χ2v) is 8.96. The van der Waals surface area contributed by atoms with Crippen LogP contribution in [0.4, 0.5) is 0 Å². The van der Waals surface area contributed by atoms with Gasteiger partial charge in [0, 0.05) is 30.0 Å². The van der Waals surface area contributed by atoms with Crippen molar-refractivity contribution in [2.45, 2.75) is 29.9 Å². The fourth-order valence-electron chi connectivity index (χ4n) is 2.69. The highest BCUT2D eigenvalue weighted by atomic mass is 32.2. The smallest absolute Gasteiger partial charge is 0.290 e. The van der Waals surface area contributed by atoms with E-state index in [1.54, 1.807) is 6.07 Å². The Kier molecular flexibility index (Phi) is 6.45. The van der Waals surface area contributed by atoms with E-state index in [0.29, 0.717) is 23.0 Å². The Morgan fingerprint density at radius 1 is 1.44 bits per heavy atom. The fraction of sp³-hybridized carbons (Fsp3) is 0.400. The maximum Gasteiger partial charge on any atom is 0.290 e. The van der Waals surface area contributed by atoms with Gasteiger partial charge in [0.1, 0.15) is 4.21 Å². The van der Waals surface area contributed by atoms with Gasteiger partial charge in [0.25, 0.3) is 22.1 Å². The van der Waals surface area contributed by atoms with Gasteiger partial charge in [0.05, 0.1) is 12.0 Å². The van der Waals surface area contributed by atoms with Crippen LogP contribution in [0.1, 0.15) is 29.3 Å². The molecule has 25 heavy (non-hydrogen) atoms. The largest absolute Gasteiger partial charge is 0.483 e. The first-order valence-electron chi connectivity index (χ1n) is 7.57. The van der Waals surface area contributed by atoms with Crippen molar-refractivity contribution >= 4 is 27.8 Å². The maximum atomic E-state index is 12.7. The van der Waals surface area contributed by atoms with Crippen LogP contribution in [0.3, 0.4) is 0 Å². The molecular formula is C15H19N3O5S2. The highest BCUT2D eigenvalue weighted by Gasteiger charge is 2.32. The van der Waals surface area contributed by atoms with Crippen molar-refractivity contribution in [3.05, 3.63) is 45.5 Å². The molecule has 2 aromatic heterocycles. The molecule has 0 bridgehead atoms. The molecule has 3 rings (SSSR count). The van der Waals surface area contributed by atoms with Gasteiger partial charge in [-0.3, -0.25) is 9.59 Å². The lowest BCUT2D eigenvalue weighted by atomic mass is 9.96. The summed E-state index contributed by atoms with van der Waals surface area (Å²) < 4.78 is 27.3. The molecule has 1 saturated heterocycles. The minimum atomic E-state index is -3.45. The Morgan fingerprint density at radius 3 is 2.76 bits per heavy atom. The third-order valence-corrected chi connectivity index (χ3v) is 7.14. The summed E-state index contributed by atoms with van der Waals surface area (Å²) in [6, 6.07) is 4.93. The zero-order valence-electron chi connectivity index (χ0n) is 13.6. The summed E-state index contributed by atoms with van der Waals surface area (Å²) in [5.74, 6) is -0.0353. The van der Waals surface area contributed by atoms with Crippen LogP contribution < -0.4 is 5.56 Å². The average molecular weight is 385 g/mol. The van der Waals surface area contributed by atoms with Gasteiger partial charge in [-0.2, -0.15) is 4.31 Å². The number of aromatic nitrogens is 2. The zero-order chi connectivity index (χ0) is 18.4. The van der Waals surface area contributed by atoms with Gasteiger partial charge >= 0.3 is 0 Å². The maximum absolute atomic E-state index is 12.7. The molecule has 0 aliphatic carbocycles. The molecule has 0 spiro atoms. The topological polar surface area (TPSA) is 120 Å². The Labute approximate surface area is 149 Å². The number of nitrogens with zero attached hydrogens (tertiary/aromatic N) is 2. The van der Waals surface area contributed by atoms with Crippen LogP contribution in [0.25, 0.3) is 0 Å². The first-order valence-corrected chi connectivity index (χ1v) is 9.83. The van der Waals surface area contributed by atoms with Crippen LogP contribution in [-0.2, 0) is 14.8 Å². The van der Waals surface area contributed by atoms with Gasteiger partial charge in [0.2, 0.25) is 0 Å². The molecule has 10 heteroatoms. The molecule has 1 unspecified atom stereocenters. The molecule has 3 heterocycles. The van der Waals surface area contributed by atoms with Crippen molar-refractivity contribution < 1.29 is 18.3 Å². The first kappa shape index (κ1) is 19.3. The van der Waals surface area contributed by atoms with E-state index in [2.05, 4.69) is 9.97 Å². The Bertz CT molecular complexity index is 875. The average Bonchev–Trinajstić information content (AvgIpc) is 3.03. The number of rotatable bonds is 3. The van der Waals surface area contributed by atoms with E-state index in [4.69, 9.17) is 9.90 Å². The number of nitrogens with one attached hydrogen (secondary N) is 1. The molecule has 0 radical (unpaired) electrons. The summed E-state index contributed by atoms with van der Waals surface area (Å²) in [5.41, 5.74) is 0.449.